The number of nitrogens with zero attached hydrogens (tertiary/aromatic N) is 1. The van der Waals surface area contributed by atoms with Crippen LogP contribution in [0.2, 0.25) is 0 Å². The van der Waals surface area contributed by atoms with Crippen LogP contribution in [-0.4, -0.2) is 10.8 Å². The molecule has 1 amide bonds. The van der Waals surface area contributed by atoms with E-state index < -0.39 is 0 Å². The minimum absolute atomic E-state index is 0.100. The minimum Gasteiger partial charge on any atom is -0.330 e. The van der Waals surface area contributed by atoms with Crippen molar-refractivity contribution in [1.82, 2.24) is 4.90 Å². The Balaban J connectivity index is 1.60. The van der Waals surface area contributed by atoms with Crippen LogP contribution < -0.4 is 0 Å². The van der Waals surface area contributed by atoms with E-state index in [0.29, 0.717) is 13.1 Å². The number of rotatable bonds is 2. The van der Waals surface area contributed by atoms with Gasteiger partial charge in [0.1, 0.15) is 0 Å². The molecule has 3 aromatic carbocycles. The van der Waals surface area contributed by atoms with Crippen molar-refractivity contribution in [2.75, 3.05) is 0 Å². The van der Waals surface area contributed by atoms with E-state index in [2.05, 4.69) is 30.3 Å². The van der Waals surface area contributed by atoms with Gasteiger partial charge in [0.2, 0.25) is 0 Å². The number of amides is 1. The second-order valence-electron chi connectivity index (χ2n) is 5.88. The SMILES string of the molecule is O=C(c1ccccc1)N1Cc2ccc(-c3ccccc3)cc2C1. The van der Waals surface area contributed by atoms with Gasteiger partial charge in [0.05, 0.1) is 0 Å². The maximum Gasteiger partial charge on any atom is 0.254 e. The maximum atomic E-state index is 12.6. The maximum absolute atomic E-state index is 12.6. The second kappa shape index (κ2) is 5.73. The first kappa shape index (κ1) is 13.8. The number of carbonyl (C=O) groups excluding carboxylic acids is 1. The summed E-state index contributed by atoms with van der Waals surface area (Å²) in [7, 11) is 0. The topological polar surface area (TPSA) is 20.3 Å². The predicted octanol–water partition coefficient (Wildman–Crippen LogP) is 4.51. The molecule has 0 bridgehead atoms. The Morgan fingerprint density at radius 1 is 0.696 bits per heavy atom. The average molecular weight is 299 g/mol. The van der Waals surface area contributed by atoms with Crippen LogP contribution in [0.1, 0.15) is 21.5 Å². The van der Waals surface area contributed by atoms with Gasteiger partial charge in [-0.3, -0.25) is 4.79 Å². The third kappa shape index (κ3) is 2.64. The van der Waals surface area contributed by atoms with E-state index in [4.69, 9.17) is 0 Å². The highest BCUT2D eigenvalue weighted by Crippen LogP contribution is 2.29. The first-order valence-electron chi connectivity index (χ1n) is 7.83. The minimum atomic E-state index is 0.100. The molecule has 23 heavy (non-hydrogen) atoms. The molecular weight excluding hydrogens is 282 g/mol. The summed E-state index contributed by atoms with van der Waals surface area (Å²) in [4.78, 5) is 14.5. The molecule has 0 fully saturated rings. The molecule has 2 heteroatoms. The molecule has 0 spiro atoms. The van der Waals surface area contributed by atoms with Gasteiger partial charge in [0.15, 0.2) is 0 Å². The summed E-state index contributed by atoms with van der Waals surface area (Å²) in [6, 6.07) is 26.4. The first-order chi connectivity index (χ1) is 11.3. The van der Waals surface area contributed by atoms with Gasteiger partial charge in [0, 0.05) is 18.7 Å². The molecule has 112 valence electrons. The van der Waals surface area contributed by atoms with E-state index >= 15 is 0 Å². The van der Waals surface area contributed by atoms with Crippen molar-refractivity contribution in [2.24, 2.45) is 0 Å². The second-order valence-corrected chi connectivity index (χ2v) is 5.88. The number of benzene rings is 3. The summed E-state index contributed by atoms with van der Waals surface area (Å²) in [6.07, 6.45) is 0. The van der Waals surface area contributed by atoms with Crippen LogP contribution in [0.15, 0.2) is 78.9 Å². The highest BCUT2D eigenvalue weighted by Gasteiger charge is 2.24. The molecule has 2 nitrogen and oxygen atoms in total. The summed E-state index contributed by atoms with van der Waals surface area (Å²) in [6.45, 7) is 1.38. The monoisotopic (exact) mass is 299 g/mol. The lowest BCUT2D eigenvalue weighted by molar-refractivity contribution is 0.0751. The molecule has 1 aliphatic rings. The molecule has 4 rings (SSSR count). The lowest BCUT2D eigenvalue weighted by Crippen LogP contribution is -2.25. The molecule has 0 aliphatic carbocycles. The van der Waals surface area contributed by atoms with E-state index in [-0.39, 0.29) is 5.91 Å². The van der Waals surface area contributed by atoms with Crippen molar-refractivity contribution in [3.05, 3.63) is 95.6 Å². The van der Waals surface area contributed by atoms with Crippen LogP contribution in [0.3, 0.4) is 0 Å². The first-order valence-corrected chi connectivity index (χ1v) is 7.83. The highest BCUT2D eigenvalue weighted by molar-refractivity contribution is 5.94. The zero-order valence-corrected chi connectivity index (χ0v) is 12.8. The predicted molar refractivity (Wildman–Crippen MR) is 91.9 cm³/mol. The Labute approximate surface area is 136 Å². The zero-order valence-electron chi connectivity index (χ0n) is 12.8. The number of hydrogen-bond acceptors (Lipinski definition) is 1. The molecule has 1 aliphatic heterocycles. The zero-order chi connectivity index (χ0) is 15.6. The van der Waals surface area contributed by atoms with Crippen LogP contribution in [0.4, 0.5) is 0 Å². The van der Waals surface area contributed by atoms with Gasteiger partial charge < -0.3 is 4.90 Å². The molecule has 0 saturated carbocycles. The fourth-order valence-corrected chi connectivity index (χ4v) is 3.11. The van der Waals surface area contributed by atoms with E-state index in [1.807, 2.05) is 53.4 Å². The van der Waals surface area contributed by atoms with Crippen LogP contribution in [0.5, 0.6) is 0 Å². The molecule has 0 unspecified atom stereocenters. The van der Waals surface area contributed by atoms with Gasteiger partial charge in [-0.1, -0.05) is 60.7 Å². The molecular formula is C21H17NO. The largest absolute Gasteiger partial charge is 0.330 e. The molecule has 1 heterocycles. The van der Waals surface area contributed by atoms with Gasteiger partial charge >= 0.3 is 0 Å². The molecule has 0 radical (unpaired) electrons. The van der Waals surface area contributed by atoms with E-state index in [9.17, 15) is 4.79 Å². The normalized spacial score (nSPS) is 13.0. The summed E-state index contributed by atoms with van der Waals surface area (Å²) in [5.41, 5.74) is 5.66. The molecule has 3 aromatic rings. The van der Waals surface area contributed by atoms with E-state index in [1.54, 1.807) is 0 Å². The fourth-order valence-electron chi connectivity index (χ4n) is 3.11. The Morgan fingerprint density at radius 2 is 1.35 bits per heavy atom. The Morgan fingerprint density at radius 3 is 2.09 bits per heavy atom. The Kier molecular flexibility index (Phi) is 3.43. The van der Waals surface area contributed by atoms with Crippen LogP contribution in [0.25, 0.3) is 11.1 Å². The van der Waals surface area contributed by atoms with Gasteiger partial charge in [-0.2, -0.15) is 0 Å². The molecule has 0 atom stereocenters. The molecule has 0 saturated heterocycles. The van der Waals surface area contributed by atoms with Crippen molar-refractivity contribution in [1.29, 1.82) is 0 Å². The van der Waals surface area contributed by atoms with Crippen molar-refractivity contribution in [3.63, 3.8) is 0 Å². The smallest absolute Gasteiger partial charge is 0.254 e. The lowest BCUT2D eigenvalue weighted by Gasteiger charge is -2.15. The van der Waals surface area contributed by atoms with Gasteiger partial charge in [-0.15, -0.1) is 0 Å². The van der Waals surface area contributed by atoms with E-state index in [0.717, 1.165) is 5.56 Å². The number of fused-ring (bicyclic) bond motifs is 1. The van der Waals surface area contributed by atoms with Crippen LogP contribution in [-0.2, 0) is 13.1 Å². The van der Waals surface area contributed by atoms with Crippen molar-refractivity contribution >= 4 is 5.91 Å². The van der Waals surface area contributed by atoms with Gasteiger partial charge in [-0.05, 0) is 40.5 Å². The van der Waals surface area contributed by atoms with Crippen molar-refractivity contribution in [3.8, 4) is 11.1 Å². The highest BCUT2D eigenvalue weighted by atomic mass is 16.2. The Hall–Kier alpha value is -2.87. The number of carbonyl (C=O) groups is 1. The average Bonchev–Trinajstić information content (AvgIpc) is 3.06. The quantitative estimate of drug-likeness (QED) is 0.682. The third-order valence-electron chi connectivity index (χ3n) is 4.34. The van der Waals surface area contributed by atoms with Gasteiger partial charge in [0.25, 0.3) is 5.91 Å². The summed E-state index contributed by atoms with van der Waals surface area (Å²) < 4.78 is 0. The standard InChI is InChI=1S/C21H17NO/c23-21(17-9-5-2-6-10-17)22-14-19-12-11-18(13-20(19)15-22)16-7-3-1-4-8-16/h1-13H,14-15H2. The van der Waals surface area contributed by atoms with Crippen molar-refractivity contribution < 1.29 is 4.79 Å². The molecule has 0 aromatic heterocycles. The fraction of sp³-hybridized carbons (Fsp3) is 0.0952. The summed E-state index contributed by atoms with van der Waals surface area (Å²) in [5, 5.41) is 0. The molecule has 0 N–H and O–H groups in total. The van der Waals surface area contributed by atoms with Gasteiger partial charge in [-0.25, -0.2) is 0 Å². The van der Waals surface area contributed by atoms with Crippen LogP contribution >= 0.6 is 0 Å². The third-order valence-corrected chi connectivity index (χ3v) is 4.34. The Bertz CT molecular complexity index is 840. The number of hydrogen-bond donors (Lipinski definition) is 0. The van der Waals surface area contributed by atoms with Crippen molar-refractivity contribution in [2.45, 2.75) is 13.1 Å². The summed E-state index contributed by atoms with van der Waals surface area (Å²) >= 11 is 0. The van der Waals surface area contributed by atoms with E-state index in [1.165, 1.54) is 22.3 Å². The summed E-state index contributed by atoms with van der Waals surface area (Å²) in [5.74, 6) is 0.100. The van der Waals surface area contributed by atoms with Crippen LogP contribution in [0, 0.1) is 0 Å². The lowest BCUT2D eigenvalue weighted by atomic mass is 10.0.